The zero-order chi connectivity index (χ0) is 19.8. The summed E-state index contributed by atoms with van der Waals surface area (Å²) >= 11 is 0. The lowest BCUT2D eigenvalue weighted by Gasteiger charge is -2.21. The minimum absolute atomic E-state index is 0.0244. The minimum atomic E-state index is -0.0384. The predicted octanol–water partition coefficient (Wildman–Crippen LogP) is 4.16. The number of benzene rings is 2. The lowest BCUT2D eigenvalue weighted by atomic mass is 9.96. The van der Waals surface area contributed by atoms with E-state index >= 15 is 0 Å². The summed E-state index contributed by atoms with van der Waals surface area (Å²) in [7, 11) is 4.82. The molecule has 1 unspecified atom stereocenters. The Hall–Kier alpha value is -2.69. The molecule has 0 saturated carbocycles. The van der Waals surface area contributed by atoms with Gasteiger partial charge in [0.25, 0.3) is 0 Å². The van der Waals surface area contributed by atoms with E-state index in [1.54, 1.807) is 21.3 Å². The van der Waals surface area contributed by atoms with Crippen LogP contribution in [0.2, 0.25) is 0 Å². The molecule has 2 rings (SSSR count). The average Bonchev–Trinajstić information content (AvgIpc) is 2.67. The largest absolute Gasteiger partial charge is 0.497 e. The van der Waals surface area contributed by atoms with Crippen molar-refractivity contribution in [1.29, 1.82) is 0 Å². The monoisotopic (exact) mass is 371 g/mol. The SMILES string of the molecule is COc1ccc(C(CC(C)C)NC(=O)Cc2ccc(OC)c(OC)c2)cc1. The molecule has 1 amide bonds. The van der Waals surface area contributed by atoms with Gasteiger partial charge in [0, 0.05) is 0 Å². The van der Waals surface area contributed by atoms with Crippen LogP contribution in [0.4, 0.5) is 0 Å². The Labute approximate surface area is 161 Å². The Morgan fingerprint density at radius 2 is 1.59 bits per heavy atom. The van der Waals surface area contributed by atoms with Crippen molar-refractivity contribution in [2.75, 3.05) is 21.3 Å². The number of methoxy groups -OCH3 is 3. The van der Waals surface area contributed by atoms with Crippen LogP contribution >= 0.6 is 0 Å². The van der Waals surface area contributed by atoms with Crippen LogP contribution < -0.4 is 19.5 Å². The van der Waals surface area contributed by atoms with Gasteiger partial charge in [0.15, 0.2) is 11.5 Å². The number of ether oxygens (including phenoxy) is 3. The van der Waals surface area contributed by atoms with Crippen LogP contribution in [0.25, 0.3) is 0 Å². The number of hydrogen-bond donors (Lipinski definition) is 1. The summed E-state index contributed by atoms with van der Waals surface area (Å²) < 4.78 is 15.8. The molecule has 0 radical (unpaired) electrons. The van der Waals surface area contributed by atoms with Crippen LogP contribution in [0, 0.1) is 5.92 Å². The fraction of sp³-hybridized carbons (Fsp3) is 0.409. The number of carbonyl (C=O) groups is 1. The topological polar surface area (TPSA) is 56.8 Å². The Kier molecular flexibility index (Phi) is 7.53. The lowest BCUT2D eigenvalue weighted by Crippen LogP contribution is -2.30. The van der Waals surface area contributed by atoms with Crippen molar-refractivity contribution in [3.63, 3.8) is 0 Å². The molecule has 1 atom stereocenters. The van der Waals surface area contributed by atoms with Crippen molar-refractivity contribution in [2.24, 2.45) is 5.92 Å². The summed E-state index contributed by atoms with van der Waals surface area (Å²) in [6, 6.07) is 13.3. The molecule has 0 bridgehead atoms. The van der Waals surface area contributed by atoms with Gasteiger partial charge in [-0.05, 0) is 47.7 Å². The quantitative estimate of drug-likeness (QED) is 0.719. The van der Waals surface area contributed by atoms with Gasteiger partial charge in [-0.3, -0.25) is 4.79 Å². The highest BCUT2D eigenvalue weighted by molar-refractivity contribution is 5.79. The third kappa shape index (κ3) is 5.91. The number of hydrogen-bond acceptors (Lipinski definition) is 4. The fourth-order valence-electron chi connectivity index (χ4n) is 3.01. The molecule has 0 spiro atoms. The molecule has 0 aliphatic heterocycles. The van der Waals surface area contributed by atoms with Gasteiger partial charge in [-0.1, -0.05) is 32.0 Å². The van der Waals surface area contributed by atoms with Crippen LogP contribution in [0.15, 0.2) is 42.5 Å². The molecule has 0 heterocycles. The van der Waals surface area contributed by atoms with Gasteiger partial charge in [0.1, 0.15) is 5.75 Å². The molecule has 0 fully saturated rings. The van der Waals surface area contributed by atoms with E-state index in [9.17, 15) is 4.79 Å². The second kappa shape index (κ2) is 9.86. The molecule has 27 heavy (non-hydrogen) atoms. The number of carbonyl (C=O) groups excluding carboxylic acids is 1. The van der Waals surface area contributed by atoms with E-state index in [0.29, 0.717) is 17.4 Å². The summed E-state index contributed by atoms with van der Waals surface area (Å²) in [6.07, 6.45) is 1.15. The van der Waals surface area contributed by atoms with Gasteiger partial charge in [0.05, 0.1) is 33.8 Å². The third-order valence-electron chi connectivity index (χ3n) is 4.37. The van der Waals surface area contributed by atoms with Gasteiger partial charge in [-0.25, -0.2) is 0 Å². The first kappa shape index (κ1) is 20.6. The third-order valence-corrected chi connectivity index (χ3v) is 4.37. The molecular weight excluding hydrogens is 342 g/mol. The Morgan fingerprint density at radius 3 is 2.15 bits per heavy atom. The molecule has 2 aromatic carbocycles. The van der Waals surface area contributed by atoms with Crippen molar-refractivity contribution in [2.45, 2.75) is 32.7 Å². The highest BCUT2D eigenvalue weighted by Crippen LogP contribution is 2.28. The maximum absolute atomic E-state index is 12.6. The zero-order valence-electron chi connectivity index (χ0n) is 16.7. The van der Waals surface area contributed by atoms with Crippen molar-refractivity contribution in [3.05, 3.63) is 53.6 Å². The summed E-state index contributed by atoms with van der Waals surface area (Å²) in [5.41, 5.74) is 1.95. The van der Waals surface area contributed by atoms with E-state index in [2.05, 4.69) is 19.2 Å². The first-order chi connectivity index (χ1) is 13.0. The molecule has 5 nitrogen and oxygen atoms in total. The average molecular weight is 371 g/mol. The summed E-state index contributed by atoms with van der Waals surface area (Å²) in [6.45, 7) is 4.30. The van der Waals surface area contributed by atoms with Crippen LogP contribution in [0.5, 0.6) is 17.2 Å². The molecule has 0 aliphatic carbocycles. The Morgan fingerprint density at radius 1 is 0.926 bits per heavy atom. The minimum Gasteiger partial charge on any atom is -0.497 e. The molecule has 5 heteroatoms. The Bertz CT molecular complexity index is 740. The van der Waals surface area contributed by atoms with E-state index in [0.717, 1.165) is 23.3 Å². The molecular formula is C22H29NO4. The highest BCUT2D eigenvalue weighted by Gasteiger charge is 2.17. The second-order valence-electron chi connectivity index (χ2n) is 6.89. The molecule has 0 saturated heterocycles. The van der Waals surface area contributed by atoms with Crippen molar-refractivity contribution in [3.8, 4) is 17.2 Å². The zero-order valence-corrected chi connectivity index (χ0v) is 16.7. The maximum Gasteiger partial charge on any atom is 0.224 e. The summed E-state index contributed by atoms with van der Waals surface area (Å²) in [5, 5.41) is 3.16. The van der Waals surface area contributed by atoms with Gasteiger partial charge >= 0.3 is 0 Å². The van der Waals surface area contributed by atoms with Crippen LogP contribution in [0.3, 0.4) is 0 Å². The van der Waals surface area contributed by atoms with Crippen LogP contribution in [-0.2, 0) is 11.2 Å². The van der Waals surface area contributed by atoms with Crippen molar-refractivity contribution < 1.29 is 19.0 Å². The molecule has 1 N–H and O–H groups in total. The van der Waals surface area contributed by atoms with E-state index < -0.39 is 0 Å². The Balaban J connectivity index is 2.11. The van der Waals surface area contributed by atoms with Crippen molar-refractivity contribution >= 4 is 5.91 Å². The normalized spacial score (nSPS) is 11.8. The van der Waals surface area contributed by atoms with Crippen LogP contribution in [-0.4, -0.2) is 27.2 Å². The van der Waals surface area contributed by atoms with E-state index in [1.165, 1.54) is 0 Å². The summed E-state index contributed by atoms with van der Waals surface area (Å²) in [5.74, 6) is 2.51. The van der Waals surface area contributed by atoms with Crippen molar-refractivity contribution in [1.82, 2.24) is 5.32 Å². The maximum atomic E-state index is 12.6. The van der Waals surface area contributed by atoms with E-state index in [-0.39, 0.29) is 18.4 Å². The van der Waals surface area contributed by atoms with Gasteiger partial charge in [-0.2, -0.15) is 0 Å². The smallest absolute Gasteiger partial charge is 0.224 e. The second-order valence-corrected chi connectivity index (χ2v) is 6.89. The summed E-state index contributed by atoms with van der Waals surface area (Å²) in [4.78, 5) is 12.6. The first-order valence-corrected chi connectivity index (χ1v) is 9.11. The molecule has 2 aromatic rings. The van der Waals surface area contributed by atoms with Gasteiger partial charge in [0.2, 0.25) is 5.91 Å². The van der Waals surface area contributed by atoms with E-state index in [4.69, 9.17) is 14.2 Å². The highest BCUT2D eigenvalue weighted by atomic mass is 16.5. The van der Waals surface area contributed by atoms with Crippen LogP contribution in [0.1, 0.15) is 37.4 Å². The van der Waals surface area contributed by atoms with E-state index in [1.807, 2.05) is 42.5 Å². The number of nitrogens with one attached hydrogen (secondary N) is 1. The standard InChI is InChI=1S/C22H29NO4/c1-15(2)12-19(17-7-9-18(25-3)10-8-17)23-22(24)14-16-6-11-20(26-4)21(13-16)27-5/h6-11,13,15,19H,12,14H2,1-5H3,(H,23,24). The lowest BCUT2D eigenvalue weighted by molar-refractivity contribution is -0.121. The predicted molar refractivity (Wildman–Crippen MR) is 107 cm³/mol. The molecule has 0 aliphatic rings. The number of rotatable bonds is 9. The first-order valence-electron chi connectivity index (χ1n) is 9.11. The van der Waals surface area contributed by atoms with Gasteiger partial charge in [-0.15, -0.1) is 0 Å². The number of amides is 1. The fourth-order valence-corrected chi connectivity index (χ4v) is 3.01. The molecule has 0 aromatic heterocycles. The molecule has 146 valence electrons. The van der Waals surface area contributed by atoms with Gasteiger partial charge < -0.3 is 19.5 Å².